The van der Waals surface area contributed by atoms with Crippen molar-refractivity contribution in [1.29, 1.82) is 0 Å². The molecule has 1 aromatic carbocycles. The van der Waals surface area contributed by atoms with Crippen LogP contribution in [-0.2, 0) is 0 Å². The Labute approximate surface area is 184 Å². The molecule has 0 aliphatic carbocycles. The number of benzene rings is 1. The molecule has 1 N–H and O–H groups in total. The van der Waals surface area contributed by atoms with Crippen molar-refractivity contribution < 1.29 is 0 Å². The minimum absolute atomic E-state index is 0.449. The van der Waals surface area contributed by atoms with Crippen LogP contribution in [0.4, 0.5) is 23.3 Å². The minimum atomic E-state index is 0.449. The molecule has 0 radical (unpaired) electrons. The zero-order valence-corrected chi connectivity index (χ0v) is 18.8. The van der Waals surface area contributed by atoms with Crippen LogP contribution < -0.4 is 15.1 Å². The lowest BCUT2D eigenvalue weighted by Crippen LogP contribution is -2.45. The van der Waals surface area contributed by atoms with E-state index in [0.717, 1.165) is 37.2 Å². The zero-order valence-electron chi connectivity index (χ0n) is 18.8. The summed E-state index contributed by atoms with van der Waals surface area (Å²) in [5, 5.41) is 5.93. The number of fused-ring (bicyclic) bond motifs is 1. The molecule has 0 unspecified atom stereocenters. The van der Waals surface area contributed by atoms with Gasteiger partial charge < -0.3 is 15.1 Å². The molecular weight excluding hydrogens is 384 g/mol. The van der Waals surface area contributed by atoms with Gasteiger partial charge in [0.05, 0.1) is 0 Å². The molecule has 0 amide bonds. The van der Waals surface area contributed by atoms with Crippen LogP contribution in [0.1, 0.15) is 57.9 Å². The van der Waals surface area contributed by atoms with Gasteiger partial charge in [-0.2, -0.15) is 4.98 Å². The van der Waals surface area contributed by atoms with E-state index < -0.39 is 0 Å². The summed E-state index contributed by atoms with van der Waals surface area (Å²) in [6, 6.07) is 9.26. The van der Waals surface area contributed by atoms with Crippen LogP contribution in [0.3, 0.4) is 0 Å². The van der Waals surface area contributed by atoms with Crippen LogP contribution in [0.5, 0.6) is 0 Å². The van der Waals surface area contributed by atoms with Crippen LogP contribution in [0.2, 0.25) is 0 Å². The van der Waals surface area contributed by atoms with E-state index in [1.807, 2.05) is 18.5 Å². The summed E-state index contributed by atoms with van der Waals surface area (Å²) in [5.41, 5.74) is 2.65. The molecule has 31 heavy (non-hydrogen) atoms. The molecular formula is C25H32N6. The van der Waals surface area contributed by atoms with Crippen molar-refractivity contribution in [2.75, 3.05) is 34.8 Å². The summed E-state index contributed by atoms with van der Waals surface area (Å²) in [7, 11) is 0. The van der Waals surface area contributed by atoms with Crippen LogP contribution >= 0.6 is 0 Å². The highest BCUT2D eigenvalue weighted by molar-refractivity contribution is 5.98. The van der Waals surface area contributed by atoms with Crippen molar-refractivity contribution >= 4 is 34.0 Å². The topological polar surface area (TPSA) is 57.2 Å². The first-order valence-electron chi connectivity index (χ1n) is 11.6. The molecule has 5 rings (SSSR count). The van der Waals surface area contributed by atoms with E-state index in [1.165, 1.54) is 47.7 Å². The van der Waals surface area contributed by atoms with Crippen molar-refractivity contribution in [3.05, 3.63) is 42.2 Å². The number of anilines is 4. The smallest absolute Gasteiger partial charge is 0.227 e. The molecule has 6 heteroatoms. The van der Waals surface area contributed by atoms with Crippen LogP contribution in [0, 0.1) is 0 Å². The van der Waals surface area contributed by atoms with E-state index in [-0.39, 0.29) is 0 Å². The highest BCUT2D eigenvalue weighted by Gasteiger charge is 2.26. The van der Waals surface area contributed by atoms with Crippen molar-refractivity contribution in [2.24, 2.45) is 0 Å². The van der Waals surface area contributed by atoms with E-state index in [9.17, 15) is 0 Å². The molecule has 162 valence electrons. The average molecular weight is 417 g/mol. The molecule has 2 aliphatic rings. The lowest BCUT2D eigenvalue weighted by Gasteiger charge is -2.41. The summed E-state index contributed by atoms with van der Waals surface area (Å²) in [5.74, 6) is 2.88. The highest BCUT2D eigenvalue weighted by Crippen LogP contribution is 2.37. The number of hydrogen-bond acceptors (Lipinski definition) is 6. The number of nitrogens with one attached hydrogen (secondary N) is 1. The largest absolute Gasteiger partial charge is 0.368 e. The van der Waals surface area contributed by atoms with Crippen LogP contribution in [-0.4, -0.2) is 40.6 Å². The lowest BCUT2D eigenvalue weighted by atomic mass is 9.94. The Hall–Kier alpha value is -2.89. The molecule has 3 aromatic rings. The first-order chi connectivity index (χ1) is 15.1. The van der Waals surface area contributed by atoms with Crippen LogP contribution in [0.15, 0.2) is 36.7 Å². The van der Waals surface area contributed by atoms with Gasteiger partial charge in [0.25, 0.3) is 0 Å². The van der Waals surface area contributed by atoms with E-state index in [1.54, 1.807) is 0 Å². The third kappa shape index (κ3) is 3.91. The predicted octanol–water partition coefficient (Wildman–Crippen LogP) is 5.48. The Balaban J connectivity index is 1.47. The maximum Gasteiger partial charge on any atom is 0.227 e. The Morgan fingerprint density at radius 1 is 0.968 bits per heavy atom. The Morgan fingerprint density at radius 3 is 2.52 bits per heavy atom. The fourth-order valence-corrected chi connectivity index (χ4v) is 4.74. The second-order valence-corrected chi connectivity index (χ2v) is 9.19. The second kappa shape index (κ2) is 8.33. The highest BCUT2D eigenvalue weighted by atomic mass is 15.3. The van der Waals surface area contributed by atoms with Gasteiger partial charge in [0.2, 0.25) is 5.95 Å². The van der Waals surface area contributed by atoms with Gasteiger partial charge in [0.15, 0.2) is 0 Å². The molecule has 2 aliphatic heterocycles. The van der Waals surface area contributed by atoms with Gasteiger partial charge in [-0.05, 0) is 67.7 Å². The normalized spacial score (nSPS) is 19.0. The molecule has 2 fully saturated rings. The van der Waals surface area contributed by atoms with Gasteiger partial charge in [-0.3, -0.25) is 0 Å². The fraction of sp³-hybridized carbons (Fsp3) is 0.480. The Bertz CT molecular complexity index is 1070. The van der Waals surface area contributed by atoms with E-state index >= 15 is 0 Å². The Kier molecular flexibility index (Phi) is 5.38. The van der Waals surface area contributed by atoms with Gasteiger partial charge >= 0.3 is 0 Å². The van der Waals surface area contributed by atoms with Gasteiger partial charge in [-0.15, -0.1) is 0 Å². The van der Waals surface area contributed by atoms with Gasteiger partial charge in [-0.1, -0.05) is 19.9 Å². The SMILES string of the molecule is CC(C)c1ccc(N2CC[C@H]2C)c2cnc(Nc3ccnc(N4CCCCC4)n3)cc12. The summed E-state index contributed by atoms with van der Waals surface area (Å²) < 4.78 is 0. The van der Waals surface area contributed by atoms with Gasteiger partial charge in [0, 0.05) is 49.1 Å². The molecule has 6 nitrogen and oxygen atoms in total. The molecule has 4 heterocycles. The summed E-state index contributed by atoms with van der Waals surface area (Å²) in [6.45, 7) is 9.99. The Morgan fingerprint density at radius 2 is 1.81 bits per heavy atom. The number of nitrogens with zero attached hydrogens (tertiary/aromatic N) is 5. The van der Waals surface area contributed by atoms with E-state index in [2.05, 4.69) is 59.1 Å². The average Bonchev–Trinajstić information content (AvgIpc) is 2.78. The lowest BCUT2D eigenvalue weighted by molar-refractivity contribution is 0.483. The van der Waals surface area contributed by atoms with Gasteiger partial charge in [0.1, 0.15) is 11.6 Å². The van der Waals surface area contributed by atoms with Crippen LogP contribution in [0.25, 0.3) is 10.8 Å². The summed E-state index contributed by atoms with van der Waals surface area (Å²) in [6.07, 6.45) is 8.84. The first kappa shape index (κ1) is 20.0. The molecule has 2 aromatic heterocycles. The van der Waals surface area contributed by atoms with Crippen molar-refractivity contribution in [1.82, 2.24) is 15.0 Å². The van der Waals surface area contributed by atoms with Gasteiger partial charge in [-0.25, -0.2) is 9.97 Å². The number of rotatable bonds is 5. The maximum absolute atomic E-state index is 4.76. The maximum atomic E-state index is 4.76. The fourth-order valence-electron chi connectivity index (χ4n) is 4.74. The third-order valence-corrected chi connectivity index (χ3v) is 6.70. The number of pyridine rings is 1. The standard InChI is InChI=1S/C25H32N6/c1-17(2)19-7-8-22(31-14-10-18(31)3)21-16-27-24(15-20(19)21)28-23-9-11-26-25(29-23)30-12-5-4-6-13-30/h7-9,11,15-18H,4-6,10,12-14H2,1-3H3,(H,26,27,28,29)/t18-/m1/s1. The van der Waals surface area contributed by atoms with E-state index in [4.69, 9.17) is 9.97 Å². The summed E-state index contributed by atoms with van der Waals surface area (Å²) >= 11 is 0. The number of aromatic nitrogens is 3. The third-order valence-electron chi connectivity index (χ3n) is 6.70. The number of piperidine rings is 1. The molecule has 0 bridgehead atoms. The molecule has 2 saturated heterocycles. The van der Waals surface area contributed by atoms with Crippen molar-refractivity contribution in [3.63, 3.8) is 0 Å². The van der Waals surface area contributed by atoms with E-state index in [0.29, 0.717) is 12.0 Å². The molecule has 1 atom stereocenters. The van der Waals surface area contributed by atoms with Crippen molar-refractivity contribution in [2.45, 2.75) is 58.4 Å². The van der Waals surface area contributed by atoms with Crippen molar-refractivity contribution in [3.8, 4) is 0 Å². The first-order valence-corrected chi connectivity index (χ1v) is 11.6. The number of hydrogen-bond donors (Lipinski definition) is 1. The summed E-state index contributed by atoms with van der Waals surface area (Å²) in [4.78, 5) is 18.8. The monoisotopic (exact) mass is 416 g/mol. The molecule has 0 saturated carbocycles. The second-order valence-electron chi connectivity index (χ2n) is 9.19. The molecule has 0 spiro atoms. The zero-order chi connectivity index (χ0) is 21.4. The quantitative estimate of drug-likeness (QED) is 0.594. The predicted molar refractivity (Wildman–Crippen MR) is 129 cm³/mol. The minimum Gasteiger partial charge on any atom is -0.368 e.